The SMILES string of the molecule is CCC(=O)C1=C(CBr)Nc2[nH]c(=O)[nH]c(=O)c2C1c1ccccc1. The molecule has 0 saturated heterocycles. The van der Waals surface area contributed by atoms with Crippen molar-refractivity contribution in [2.24, 2.45) is 0 Å². The molecule has 0 spiro atoms. The third-order valence-corrected chi connectivity index (χ3v) is 4.61. The van der Waals surface area contributed by atoms with Gasteiger partial charge in [-0.25, -0.2) is 4.79 Å². The predicted molar refractivity (Wildman–Crippen MR) is 95.7 cm³/mol. The number of carbonyl (C=O) groups excluding carboxylic acids is 1. The molecule has 1 aliphatic rings. The second-order valence-electron chi connectivity index (χ2n) is 5.47. The standard InChI is InChI=1S/C17H16BrN3O3/c1-2-11(22)13-10(8-18)19-15-14(16(23)21-17(24)20-15)12(13)9-6-4-3-5-7-9/h3-7,12H,2,8H2,1H3,(H3,19,20,21,23,24). The number of alkyl halides is 1. The number of aromatic nitrogens is 2. The maximum absolute atomic E-state index is 12.6. The zero-order valence-corrected chi connectivity index (χ0v) is 14.6. The summed E-state index contributed by atoms with van der Waals surface area (Å²) in [6.07, 6.45) is 0.327. The third-order valence-electron chi connectivity index (χ3n) is 4.05. The van der Waals surface area contributed by atoms with Crippen LogP contribution >= 0.6 is 15.9 Å². The van der Waals surface area contributed by atoms with Crippen LogP contribution in [0.2, 0.25) is 0 Å². The first-order chi connectivity index (χ1) is 11.6. The number of hydrogen-bond donors (Lipinski definition) is 3. The summed E-state index contributed by atoms with van der Waals surface area (Å²) in [5.74, 6) is -0.232. The molecular formula is C17H16BrN3O3. The number of anilines is 1. The Bertz CT molecular complexity index is 928. The van der Waals surface area contributed by atoms with E-state index >= 15 is 0 Å². The van der Waals surface area contributed by atoms with Crippen molar-refractivity contribution < 1.29 is 4.79 Å². The number of ketones is 1. The van der Waals surface area contributed by atoms with Crippen LogP contribution in [0.15, 0.2) is 51.2 Å². The Kier molecular flexibility index (Phi) is 4.53. The number of hydrogen-bond acceptors (Lipinski definition) is 4. The molecule has 1 aromatic heterocycles. The van der Waals surface area contributed by atoms with Gasteiger partial charge in [-0.3, -0.25) is 19.6 Å². The fraction of sp³-hybridized carbons (Fsp3) is 0.235. The Morgan fingerprint density at radius 3 is 2.50 bits per heavy atom. The first-order valence-corrected chi connectivity index (χ1v) is 8.69. The maximum atomic E-state index is 12.6. The number of nitrogens with one attached hydrogen (secondary N) is 3. The fourth-order valence-electron chi connectivity index (χ4n) is 3.01. The summed E-state index contributed by atoms with van der Waals surface area (Å²) in [6.45, 7) is 1.79. The van der Waals surface area contributed by atoms with Gasteiger partial charge in [-0.05, 0) is 5.56 Å². The fourth-order valence-corrected chi connectivity index (χ4v) is 3.45. The summed E-state index contributed by atoms with van der Waals surface area (Å²) in [4.78, 5) is 41.6. The number of halogens is 1. The first kappa shape index (κ1) is 16.4. The molecule has 0 amide bonds. The van der Waals surface area contributed by atoms with Gasteiger partial charge in [0.05, 0.1) is 5.56 Å². The molecule has 1 aromatic carbocycles. The molecule has 0 bridgehead atoms. The van der Waals surface area contributed by atoms with Crippen LogP contribution in [0.4, 0.5) is 5.82 Å². The number of Topliss-reactive ketones (excluding diaryl/α,β-unsaturated/α-hetero) is 1. The molecule has 24 heavy (non-hydrogen) atoms. The largest absolute Gasteiger partial charge is 0.344 e. The van der Waals surface area contributed by atoms with Crippen LogP contribution in [0.25, 0.3) is 0 Å². The van der Waals surface area contributed by atoms with Crippen LogP contribution in [-0.4, -0.2) is 21.1 Å². The van der Waals surface area contributed by atoms with Gasteiger partial charge in [0.1, 0.15) is 5.82 Å². The number of benzene rings is 1. The molecule has 1 aliphatic heterocycles. The molecule has 0 radical (unpaired) electrons. The number of carbonyl (C=O) groups is 1. The second-order valence-corrected chi connectivity index (χ2v) is 6.03. The van der Waals surface area contributed by atoms with E-state index < -0.39 is 17.2 Å². The van der Waals surface area contributed by atoms with Crippen molar-refractivity contribution in [1.29, 1.82) is 0 Å². The second kappa shape index (κ2) is 6.60. The lowest BCUT2D eigenvalue weighted by molar-refractivity contribution is -0.115. The van der Waals surface area contributed by atoms with E-state index in [4.69, 9.17) is 0 Å². The molecule has 3 N–H and O–H groups in total. The van der Waals surface area contributed by atoms with Crippen LogP contribution in [-0.2, 0) is 4.79 Å². The minimum atomic E-state index is -0.586. The van der Waals surface area contributed by atoms with Gasteiger partial charge in [0.25, 0.3) is 5.56 Å². The van der Waals surface area contributed by atoms with E-state index in [-0.39, 0.29) is 5.78 Å². The summed E-state index contributed by atoms with van der Waals surface area (Å²) in [5.41, 5.74) is 1.30. The van der Waals surface area contributed by atoms with Crippen molar-refractivity contribution in [2.75, 3.05) is 10.6 Å². The zero-order chi connectivity index (χ0) is 17.3. The number of rotatable bonds is 4. The van der Waals surface area contributed by atoms with E-state index in [9.17, 15) is 14.4 Å². The van der Waals surface area contributed by atoms with Crippen LogP contribution < -0.4 is 16.6 Å². The van der Waals surface area contributed by atoms with Crippen LogP contribution in [0.1, 0.15) is 30.4 Å². The van der Waals surface area contributed by atoms with Gasteiger partial charge in [0.15, 0.2) is 5.78 Å². The lowest BCUT2D eigenvalue weighted by Crippen LogP contribution is -2.35. The highest BCUT2D eigenvalue weighted by Gasteiger charge is 2.35. The smallest absolute Gasteiger partial charge is 0.327 e. The van der Waals surface area contributed by atoms with E-state index in [0.29, 0.717) is 34.4 Å². The van der Waals surface area contributed by atoms with Crippen molar-refractivity contribution >= 4 is 27.5 Å². The minimum absolute atomic E-state index is 0.0398. The summed E-state index contributed by atoms with van der Waals surface area (Å²) in [6, 6.07) is 9.34. The maximum Gasteiger partial charge on any atom is 0.327 e. The zero-order valence-electron chi connectivity index (χ0n) is 13.0. The van der Waals surface area contributed by atoms with Crippen LogP contribution in [0.3, 0.4) is 0 Å². The topological polar surface area (TPSA) is 94.8 Å². The molecule has 7 heteroatoms. The van der Waals surface area contributed by atoms with Gasteiger partial charge in [-0.15, -0.1) is 0 Å². The van der Waals surface area contributed by atoms with Gasteiger partial charge in [-0.2, -0.15) is 0 Å². The van der Waals surface area contributed by atoms with Crippen molar-refractivity contribution in [2.45, 2.75) is 19.3 Å². The molecule has 0 saturated carbocycles. The van der Waals surface area contributed by atoms with E-state index in [1.54, 1.807) is 6.92 Å². The molecule has 124 valence electrons. The normalized spacial score (nSPS) is 16.5. The third kappa shape index (κ3) is 2.75. The Hall–Kier alpha value is -2.41. The minimum Gasteiger partial charge on any atom is -0.344 e. The van der Waals surface area contributed by atoms with Gasteiger partial charge in [0.2, 0.25) is 0 Å². The lowest BCUT2D eigenvalue weighted by atomic mass is 9.80. The highest BCUT2D eigenvalue weighted by atomic mass is 79.9. The quantitative estimate of drug-likeness (QED) is 0.698. The van der Waals surface area contributed by atoms with Gasteiger partial charge in [-0.1, -0.05) is 53.2 Å². The average Bonchev–Trinajstić information content (AvgIpc) is 2.59. The number of allylic oxidation sites excluding steroid dienone is 2. The van der Waals surface area contributed by atoms with Gasteiger partial charge >= 0.3 is 5.69 Å². The van der Waals surface area contributed by atoms with Crippen molar-refractivity contribution in [1.82, 2.24) is 9.97 Å². The van der Waals surface area contributed by atoms with Crippen molar-refractivity contribution in [3.63, 3.8) is 0 Å². The molecule has 2 heterocycles. The molecule has 0 fully saturated rings. The monoisotopic (exact) mass is 389 g/mol. The van der Waals surface area contributed by atoms with Gasteiger partial charge in [0, 0.05) is 28.9 Å². The molecule has 1 unspecified atom stereocenters. The lowest BCUT2D eigenvalue weighted by Gasteiger charge is -2.29. The molecule has 1 atom stereocenters. The Morgan fingerprint density at radius 2 is 1.88 bits per heavy atom. The summed E-state index contributed by atoms with van der Waals surface area (Å²) < 4.78 is 0. The predicted octanol–water partition coefficient (Wildman–Crippen LogP) is 2.25. The molecule has 2 aromatic rings. The Balaban J connectivity index is 2.35. The molecule has 3 rings (SSSR count). The summed E-state index contributed by atoms with van der Waals surface area (Å²) >= 11 is 3.39. The molecule has 0 aliphatic carbocycles. The van der Waals surface area contributed by atoms with Crippen molar-refractivity contribution in [3.8, 4) is 0 Å². The first-order valence-electron chi connectivity index (χ1n) is 7.57. The summed E-state index contributed by atoms with van der Waals surface area (Å²) in [7, 11) is 0. The number of aromatic amines is 2. The molecular weight excluding hydrogens is 374 g/mol. The molecule has 6 nitrogen and oxygen atoms in total. The van der Waals surface area contributed by atoms with E-state index in [2.05, 4.69) is 31.2 Å². The van der Waals surface area contributed by atoms with Crippen molar-refractivity contribution in [3.05, 3.63) is 73.6 Å². The summed E-state index contributed by atoms with van der Waals surface area (Å²) in [5, 5.41) is 3.44. The van der Waals surface area contributed by atoms with Gasteiger partial charge < -0.3 is 5.32 Å². The van der Waals surface area contributed by atoms with E-state index in [0.717, 1.165) is 5.56 Å². The number of fused-ring (bicyclic) bond motifs is 1. The Labute approximate surface area is 146 Å². The van der Waals surface area contributed by atoms with Crippen LogP contribution in [0, 0.1) is 0 Å². The highest BCUT2D eigenvalue weighted by Crippen LogP contribution is 2.39. The Morgan fingerprint density at radius 1 is 1.17 bits per heavy atom. The number of H-pyrrole nitrogens is 2. The van der Waals surface area contributed by atoms with Crippen LogP contribution in [0.5, 0.6) is 0 Å². The van der Waals surface area contributed by atoms with E-state index in [1.165, 1.54) is 0 Å². The highest BCUT2D eigenvalue weighted by molar-refractivity contribution is 9.09. The average molecular weight is 390 g/mol. The van der Waals surface area contributed by atoms with E-state index in [1.807, 2.05) is 30.3 Å².